The fourth-order valence-corrected chi connectivity index (χ4v) is 2.18. The van der Waals surface area contributed by atoms with Crippen molar-refractivity contribution < 1.29 is 9.47 Å². The van der Waals surface area contributed by atoms with Crippen LogP contribution in [0.15, 0.2) is 24.3 Å². The number of benzene rings is 1. The van der Waals surface area contributed by atoms with Gasteiger partial charge in [0.1, 0.15) is 6.79 Å². The van der Waals surface area contributed by atoms with Gasteiger partial charge in [-0.25, -0.2) is 0 Å². The van der Waals surface area contributed by atoms with Gasteiger partial charge in [-0.05, 0) is 23.5 Å². The summed E-state index contributed by atoms with van der Waals surface area (Å²) in [6.07, 6.45) is 1.22. The Labute approximate surface area is 109 Å². The van der Waals surface area contributed by atoms with Crippen LogP contribution in [0.4, 0.5) is 5.69 Å². The van der Waals surface area contributed by atoms with Gasteiger partial charge in [-0.2, -0.15) is 0 Å². The number of ether oxygens (including phenoxy) is 2. The van der Waals surface area contributed by atoms with E-state index in [1.807, 2.05) is 0 Å². The van der Waals surface area contributed by atoms with Gasteiger partial charge in [-0.3, -0.25) is 0 Å². The fraction of sp³-hybridized carbons (Fsp3) is 0.600. The number of hydrogen-bond acceptors (Lipinski definition) is 3. The largest absolute Gasteiger partial charge is 0.382 e. The molecule has 100 valence electrons. The molecule has 0 spiro atoms. The van der Waals surface area contributed by atoms with Gasteiger partial charge in [0.15, 0.2) is 0 Å². The van der Waals surface area contributed by atoms with Crippen molar-refractivity contribution >= 4 is 5.69 Å². The van der Waals surface area contributed by atoms with Crippen molar-refractivity contribution in [3.8, 4) is 0 Å². The van der Waals surface area contributed by atoms with Crippen molar-refractivity contribution in [1.82, 2.24) is 0 Å². The third kappa shape index (κ3) is 3.47. The molecule has 1 aliphatic heterocycles. The Balaban J connectivity index is 2.00. The van der Waals surface area contributed by atoms with Crippen molar-refractivity contribution in [2.75, 3.05) is 25.3 Å². The molecule has 1 heterocycles. The predicted molar refractivity (Wildman–Crippen MR) is 73.9 cm³/mol. The fourth-order valence-electron chi connectivity index (χ4n) is 2.18. The highest BCUT2D eigenvalue weighted by molar-refractivity contribution is 5.54. The zero-order chi connectivity index (χ0) is 13.0. The molecule has 1 fully saturated rings. The molecule has 1 atom stereocenters. The molecule has 18 heavy (non-hydrogen) atoms. The topological polar surface area (TPSA) is 30.5 Å². The second-order valence-electron chi connectivity index (χ2n) is 5.78. The number of para-hydroxylation sites is 1. The lowest BCUT2D eigenvalue weighted by atomic mass is 9.86. The predicted octanol–water partition coefficient (Wildman–Crippen LogP) is 3.16. The Kier molecular flexibility index (Phi) is 4.25. The van der Waals surface area contributed by atoms with E-state index in [-0.39, 0.29) is 11.5 Å². The normalized spacial score (nSPS) is 20.7. The summed E-state index contributed by atoms with van der Waals surface area (Å²) in [4.78, 5) is 0. The molecular weight excluding hydrogens is 226 g/mol. The maximum Gasteiger partial charge on any atom is 0.147 e. The average molecular weight is 249 g/mol. The van der Waals surface area contributed by atoms with Crippen molar-refractivity contribution in [3.05, 3.63) is 29.8 Å². The van der Waals surface area contributed by atoms with Crippen LogP contribution in [0, 0.1) is 0 Å². The Bertz CT molecular complexity index is 378. The molecular formula is C15H23NO2. The molecule has 0 amide bonds. The standard InChI is InChI=1S/C15H23NO2/c1-15(2,3)13-6-4-5-7-14(13)16-10-12-8-9-17-11-18-12/h4-7,12,16H,8-11H2,1-3H3. The maximum absolute atomic E-state index is 5.54. The molecule has 2 rings (SSSR count). The first-order chi connectivity index (χ1) is 8.57. The van der Waals surface area contributed by atoms with E-state index in [9.17, 15) is 0 Å². The Morgan fingerprint density at radius 1 is 1.28 bits per heavy atom. The van der Waals surface area contributed by atoms with Crippen molar-refractivity contribution in [2.24, 2.45) is 0 Å². The lowest BCUT2D eigenvalue weighted by Gasteiger charge is -2.26. The van der Waals surface area contributed by atoms with Crippen LogP contribution in [0.1, 0.15) is 32.8 Å². The van der Waals surface area contributed by atoms with E-state index in [1.165, 1.54) is 11.3 Å². The van der Waals surface area contributed by atoms with Crippen LogP contribution in [-0.2, 0) is 14.9 Å². The first-order valence-electron chi connectivity index (χ1n) is 6.60. The number of hydrogen-bond donors (Lipinski definition) is 1. The molecule has 1 saturated heterocycles. The first-order valence-corrected chi connectivity index (χ1v) is 6.60. The van der Waals surface area contributed by atoms with Crippen molar-refractivity contribution in [3.63, 3.8) is 0 Å². The molecule has 3 nitrogen and oxygen atoms in total. The van der Waals surface area contributed by atoms with Crippen molar-refractivity contribution in [1.29, 1.82) is 0 Å². The zero-order valence-corrected chi connectivity index (χ0v) is 11.5. The Morgan fingerprint density at radius 3 is 2.72 bits per heavy atom. The van der Waals surface area contributed by atoms with Crippen LogP contribution in [-0.4, -0.2) is 26.0 Å². The van der Waals surface area contributed by atoms with Crippen molar-refractivity contribution in [2.45, 2.75) is 38.7 Å². The number of rotatable bonds is 3. The van der Waals surface area contributed by atoms with E-state index in [0.717, 1.165) is 19.6 Å². The molecule has 1 aromatic rings. The highest BCUT2D eigenvalue weighted by Crippen LogP contribution is 2.29. The van der Waals surface area contributed by atoms with Gasteiger partial charge in [0.2, 0.25) is 0 Å². The van der Waals surface area contributed by atoms with E-state index in [2.05, 4.69) is 50.4 Å². The lowest BCUT2D eigenvalue weighted by molar-refractivity contribution is -0.133. The van der Waals surface area contributed by atoms with Crippen LogP contribution in [0.25, 0.3) is 0 Å². The highest BCUT2D eigenvalue weighted by Gasteiger charge is 2.19. The molecule has 1 aliphatic rings. The monoisotopic (exact) mass is 249 g/mol. The van der Waals surface area contributed by atoms with Crippen LogP contribution < -0.4 is 5.32 Å². The number of nitrogens with one attached hydrogen (secondary N) is 1. The van der Waals surface area contributed by atoms with Crippen LogP contribution in [0.5, 0.6) is 0 Å². The van der Waals surface area contributed by atoms with E-state index >= 15 is 0 Å². The lowest BCUT2D eigenvalue weighted by Crippen LogP contribution is -2.30. The summed E-state index contributed by atoms with van der Waals surface area (Å²) in [5.74, 6) is 0. The molecule has 0 radical (unpaired) electrons. The molecule has 1 unspecified atom stereocenters. The summed E-state index contributed by atoms with van der Waals surface area (Å²) in [6.45, 7) is 8.77. The average Bonchev–Trinajstić information content (AvgIpc) is 2.37. The summed E-state index contributed by atoms with van der Waals surface area (Å²) < 4.78 is 10.7. The van der Waals surface area contributed by atoms with Gasteiger partial charge in [0, 0.05) is 12.2 Å². The van der Waals surface area contributed by atoms with Gasteiger partial charge < -0.3 is 14.8 Å². The minimum atomic E-state index is 0.153. The molecule has 0 aliphatic carbocycles. The molecule has 0 bridgehead atoms. The zero-order valence-electron chi connectivity index (χ0n) is 11.5. The summed E-state index contributed by atoms with van der Waals surface area (Å²) in [5.41, 5.74) is 2.71. The highest BCUT2D eigenvalue weighted by atomic mass is 16.7. The second-order valence-corrected chi connectivity index (χ2v) is 5.78. The summed E-state index contributed by atoms with van der Waals surface area (Å²) in [5, 5.41) is 3.51. The van der Waals surface area contributed by atoms with Crippen LogP contribution in [0.3, 0.4) is 0 Å². The second kappa shape index (κ2) is 5.72. The number of anilines is 1. The first kappa shape index (κ1) is 13.4. The van der Waals surface area contributed by atoms with Gasteiger partial charge in [-0.15, -0.1) is 0 Å². The third-order valence-electron chi connectivity index (χ3n) is 3.23. The van der Waals surface area contributed by atoms with E-state index in [1.54, 1.807) is 0 Å². The summed E-state index contributed by atoms with van der Waals surface area (Å²) in [7, 11) is 0. The van der Waals surface area contributed by atoms with E-state index in [0.29, 0.717) is 6.79 Å². The van der Waals surface area contributed by atoms with Gasteiger partial charge in [0.25, 0.3) is 0 Å². The minimum Gasteiger partial charge on any atom is -0.382 e. The molecule has 0 aromatic heterocycles. The maximum atomic E-state index is 5.54. The van der Waals surface area contributed by atoms with Crippen LogP contribution >= 0.6 is 0 Å². The van der Waals surface area contributed by atoms with Gasteiger partial charge in [0.05, 0.1) is 12.7 Å². The molecule has 1 N–H and O–H groups in total. The smallest absolute Gasteiger partial charge is 0.147 e. The summed E-state index contributed by atoms with van der Waals surface area (Å²) in [6, 6.07) is 8.49. The third-order valence-corrected chi connectivity index (χ3v) is 3.23. The SMILES string of the molecule is CC(C)(C)c1ccccc1NCC1CCOCO1. The van der Waals surface area contributed by atoms with Gasteiger partial charge in [-0.1, -0.05) is 39.0 Å². The van der Waals surface area contributed by atoms with Crippen LogP contribution in [0.2, 0.25) is 0 Å². The molecule has 3 heteroatoms. The minimum absolute atomic E-state index is 0.153. The Hall–Kier alpha value is -1.06. The summed E-state index contributed by atoms with van der Waals surface area (Å²) >= 11 is 0. The van der Waals surface area contributed by atoms with E-state index in [4.69, 9.17) is 9.47 Å². The quantitative estimate of drug-likeness (QED) is 0.892. The molecule has 0 saturated carbocycles. The Morgan fingerprint density at radius 2 is 2.06 bits per heavy atom. The van der Waals surface area contributed by atoms with E-state index < -0.39 is 0 Å². The molecule has 1 aromatic carbocycles. The van der Waals surface area contributed by atoms with Gasteiger partial charge >= 0.3 is 0 Å².